The smallest absolute Gasteiger partial charge is 0.0624 e. The van der Waals surface area contributed by atoms with Crippen LogP contribution in [0.3, 0.4) is 0 Å². The van der Waals surface area contributed by atoms with Gasteiger partial charge in [0.1, 0.15) is 0 Å². The molecule has 3 heteroatoms. The van der Waals surface area contributed by atoms with E-state index in [0.29, 0.717) is 22.0 Å². The summed E-state index contributed by atoms with van der Waals surface area (Å²) >= 11 is 12.4. The van der Waals surface area contributed by atoms with Crippen molar-refractivity contribution in [3.8, 4) is 0 Å². The molecule has 2 atom stereocenters. The first kappa shape index (κ1) is 16.4. The number of hydrogen-bond donors (Lipinski definition) is 1. The van der Waals surface area contributed by atoms with E-state index in [1.165, 1.54) is 5.56 Å². The molecule has 0 fully saturated rings. The average Bonchev–Trinajstić information content (AvgIpc) is 2.50. The fourth-order valence-corrected chi connectivity index (χ4v) is 3.10. The second-order valence-electron chi connectivity index (χ2n) is 5.34. The van der Waals surface area contributed by atoms with Gasteiger partial charge in [0.05, 0.1) is 10.0 Å². The predicted molar refractivity (Wildman–Crippen MR) is 92.2 cm³/mol. The minimum Gasteiger partial charge on any atom is -0.310 e. The fourth-order valence-electron chi connectivity index (χ4n) is 2.70. The van der Waals surface area contributed by atoms with Crippen LogP contribution in [0.15, 0.2) is 48.5 Å². The first-order valence-electron chi connectivity index (χ1n) is 7.34. The largest absolute Gasteiger partial charge is 0.310 e. The van der Waals surface area contributed by atoms with Gasteiger partial charge in [0.25, 0.3) is 0 Å². The summed E-state index contributed by atoms with van der Waals surface area (Å²) in [6.07, 6.45) is 0.895. The Kier molecular flexibility index (Phi) is 6.10. The number of nitrogens with one attached hydrogen (secondary N) is 1. The van der Waals surface area contributed by atoms with Crippen LogP contribution in [-0.2, 0) is 6.42 Å². The van der Waals surface area contributed by atoms with Crippen LogP contribution in [0.2, 0.25) is 10.0 Å². The second-order valence-corrected chi connectivity index (χ2v) is 6.13. The Morgan fingerprint density at radius 3 is 2.38 bits per heavy atom. The first-order valence-corrected chi connectivity index (χ1v) is 8.10. The van der Waals surface area contributed by atoms with Crippen molar-refractivity contribution in [2.45, 2.75) is 26.3 Å². The van der Waals surface area contributed by atoms with Gasteiger partial charge in [-0.25, -0.2) is 0 Å². The summed E-state index contributed by atoms with van der Waals surface area (Å²) in [7, 11) is 0. The SMILES string of the molecule is CCNC(c1ccccc1)C(C)Cc1cccc(Cl)c1Cl. The number of hydrogen-bond acceptors (Lipinski definition) is 1. The van der Waals surface area contributed by atoms with Crippen LogP contribution in [-0.4, -0.2) is 6.54 Å². The van der Waals surface area contributed by atoms with Crippen molar-refractivity contribution in [3.05, 3.63) is 69.7 Å². The molecule has 2 aromatic carbocycles. The molecule has 0 aromatic heterocycles. The Labute approximate surface area is 137 Å². The molecular weight excluding hydrogens is 301 g/mol. The standard InChI is InChI=1S/C18H21Cl2N/c1-3-21-18(14-8-5-4-6-9-14)13(2)12-15-10-7-11-16(19)17(15)20/h4-11,13,18,21H,3,12H2,1-2H3. The van der Waals surface area contributed by atoms with Crippen LogP contribution >= 0.6 is 23.2 Å². The highest BCUT2D eigenvalue weighted by Gasteiger charge is 2.19. The molecule has 0 aliphatic carbocycles. The maximum Gasteiger partial charge on any atom is 0.0624 e. The Bertz CT molecular complexity index is 569. The monoisotopic (exact) mass is 321 g/mol. The van der Waals surface area contributed by atoms with Crippen molar-refractivity contribution in [1.29, 1.82) is 0 Å². The van der Waals surface area contributed by atoms with Crippen molar-refractivity contribution in [3.63, 3.8) is 0 Å². The average molecular weight is 322 g/mol. The molecule has 0 aliphatic rings. The second kappa shape index (κ2) is 7.84. The van der Waals surface area contributed by atoms with Gasteiger partial charge in [-0.15, -0.1) is 0 Å². The third-order valence-corrected chi connectivity index (χ3v) is 4.58. The molecule has 112 valence electrons. The molecule has 1 N–H and O–H groups in total. The Hall–Kier alpha value is -1.02. The van der Waals surface area contributed by atoms with Crippen LogP contribution < -0.4 is 5.32 Å². The molecule has 2 rings (SSSR count). The van der Waals surface area contributed by atoms with Gasteiger partial charge in [0, 0.05) is 6.04 Å². The third kappa shape index (κ3) is 4.23. The highest BCUT2D eigenvalue weighted by molar-refractivity contribution is 6.42. The van der Waals surface area contributed by atoms with E-state index >= 15 is 0 Å². The van der Waals surface area contributed by atoms with Gasteiger partial charge in [-0.2, -0.15) is 0 Å². The van der Waals surface area contributed by atoms with E-state index in [4.69, 9.17) is 23.2 Å². The lowest BCUT2D eigenvalue weighted by Crippen LogP contribution is -2.28. The molecule has 0 bridgehead atoms. The zero-order valence-corrected chi connectivity index (χ0v) is 14.0. The summed E-state index contributed by atoms with van der Waals surface area (Å²) < 4.78 is 0. The van der Waals surface area contributed by atoms with Crippen LogP contribution in [0.4, 0.5) is 0 Å². The zero-order chi connectivity index (χ0) is 15.2. The molecule has 0 heterocycles. The summed E-state index contributed by atoms with van der Waals surface area (Å²) in [5, 5.41) is 4.88. The Balaban J connectivity index is 2.19. The minimum atomic E-state index is 0.311. The lowest BCUT2D eigenvalue weighted by atomic mass is 9.89. The number of rotatable bonds is 6. The van der Waals surface area contributed by atoms with Crippen LogP contribution in [0.5, 0.6) is 0 Å². The van der Waals surface area contributed by atoms with E-state index in [2.05, 4.69) is 49.5 Å². The van der Waals surface area contributed by atoms with E-state index in [1.54, 1.807) is 0 Å². The van der Waals surface area contributed by atoms with Gasteiger partial charge in [0.2, 0.25) is 0 Å². The molecule has 2 aromatic rings. The Morgan fingerprint density at radius 2 is 1.71 bits per heavy atom. The quantitative estimate of drug-likeness (QED) is 0.738. The molecule has 0 aliphatic heterocycles. The lowest BCUT2D eigenvalue weighted by molar-refractivity contribution is 0.391. The first-order chi connectivity index (χ1) is 10.1. The van der Waals surface area contributed by atoms with E-state index in [1.807, 2.05) is 18.2 Å². The van der Waals surface area contributed by atoms with Gasteiger partial charge >= 0.3 is 0 Å². The normalized spacial score (nSPS) is 13.9. The highest BCUT2D eigenvalue weighted by atomic mass is 35.5. The van der Waals surface area contributed by atoms with Gasteiger partial charge in [0.15, 0.2) is 0 Å². The summed E-state index contributed by atoms with van der Waals surface area (Å²) in [6.45, 7) is 5.32. The zero-order valence-electron chi connectivity index (χ0n) is 12.4. The summed E-state index contributed by atoms with van der Waals surface area (Å²) in [5.74, 6) is 0.420. The molecule has 0 saturated heterocycles. The fraction of sp³-hybridized carbons (Fsp3) is 0.333. The lowest BCUT2D eigenvalue weighted by Gasteiger charge is -2.26. The van der Waals surface area contributed by atoms with Crippen molar-refractivity contribution in [2.24, 2.45) is 5.92 Å². The van der Waals surface area contributed by atoms with Crippen molar-refractivity contribution in [1.82, 2.24) is 5.32 Å². The number of halogens is 2. The maximum atomic E-state index is 6.31. The van der Waals surface area contributed by atoms with Gasteiger partial charge < -0.3 is 5.32 Å². The topological polar surface area (TPSA) is 12.0 Å². The minimum absolute atomic E-state index is 0.311. The predicted octanol–water partition coefficient (Wildman–Crippen LogP) is 5.52. The maximum absolute atomic E-state index is 6.31. The van der Waals surface area contributed by atoms with E-state index in [-0.39, 0.29) is 0 Å². The van der Waals surface area contributed by atoms with Gasteiger partial charge in [-0.1, -0.05) is 79.5 Å². The Morgan fingerprint density at radius 1 is 1.00 bits per heavy atom. The van der Waals surface area contributed by atoms with Crippen LogP contribution in [0.1, 0.15) is 31.0 Å². The van der Waals surface area contributed by atoms with Gasteiger partial charge in [-0.05, 0) is 36.1 Å². The van der Waals surface area contributed by atoms with Crippen LogP contribution in [0.25, 0.3) is 0 Å². The third-order valence-electron chi connectivity index (χ3n) is 3.73. The summed E-state index contributed by atoms with van der Waals surface area (Å²) in [6, 6.07) is 16.7. The molecule has 0 spiro atoms. The summed E-state index contributed by atoms with van der Waals surface area (Å²) in [5.41, 5.74) is 2.42. The van der Waals surface area contributed by atoms with Crippen molar-refractivity contribution >= 4 is 23.2 Å². The molecule has 0 radical (unpaired) electrons. The van der Waals surface area contributed by atoms with E-state index < -0.39 is 0 Å². The molecule has 21 heavy (non-hydrogen) atoms. The van der Waals surface area contributed by atoms with Gasteiger partial charge in [-0.3, -0.25) is 0 Å². The highest BCUT2D eigenvalue weighted by Crippen LogP contribution is 2.31. The van der Waals surface area contributed by atoms with Crippen molar-refractivity contribution < 1.29 is 0 Å². The van der Waals surface area contributed by atoms with E-state index in [9.17, 15) is 0 Å². The van der Waals surface area contributed by atoms with Crippen LogP contribution in [0, 0.1) is 5.92 Å². The molecular formula is C18H21Cl2N. The summed E-state index contributed by atoms with van der Waals surface area (Å²) in [4.78, 5) is 0. The molecule has 0 saturated carbocycles. The molecule has 0 amide bonds. The van der Waals surface area contributed by atoms with E-state index in [0.717, 1.165) is 18.5 Å². The molecule has 1 nitrogen and oxygen atoms in total. The number of benzene rings is 2. The molecule has 2 unspecified atom stereocenters. The van der Waals surface area contributed by atoms with Crippen molar-refractivity contribution in [2.75, 3.05) is 6.54 Å².